The van der Waals surface area contributed by atoms with Crippen molar-refractivity contribution < 1.29 is 14.3 Å². The topological polar surface area (TPSA) is 35.5 Å². The van der Waals surface area contributed by atoms with Crippen molar-refractivity contribution >= 4 is 5.97 Å². The molecule has 0 aromatic heterocycles. The van der Waals surface area contributed by atoms with E-state index in [1.165, 1.54) is 7.11 Å². The predicted molar refractivity (Wildman–Crippen MR) is 60.0 cm³/mol. The number of hydrogen-bond acceptors (Lipinski definition) is 3. The van der Waals surface area contributed by atoms with Gasteiger partial charge in [-0.2, -0.15) is 0 Å². The van der Waals surface area contributed by atoms with Crippen molar-refractivity contribution in [3.63, 3.8) is 0 Å². The highest BCUT2D eigenvalue weighted by atomic mass is 16.6. The first-order valence-corrected chi connectivity index (χ1v) is 4.98. The molecule has 0 radical (unpaired) electrons. The fraction of sp³-hybridized carbons (Fsp3) is 0.417. The lowest BCUT2D eigenvalue weighted by Crippen LogP contribution is -2.12. The molecule has 0 aliphatic heterocycles. The number of benzene rings is 1. The maximum atomic E-state index is 10.7. The molecule has 0 saturated carbocycles. The summed E-state index contributed by atoms with van der Waals surface area (Å²) in [5.74, 6) is 0.302. The third-order valence-electron chi connectivity index (χ3n) is 1.61. The molecule has 0 heterocycles. The van der Waals surface area contributed by atoms with Gasteiger partial charge in [-0.1, -0.05) is 31.5 Å². The van der Waals surface area contributed by atoms with Gasteiger partial charge in [0.2, 0.25) is 0 Å². The molecule has 1 aromatic rings. The Hall–Kier alpha value is -1.51. The minimum atomic E-state index is -0.374. The highest BCUT2D eigenvalue weighted by Crippen LogP contribution is 2.10. The van der Waals surface area contributed by atoms with E-state index in [4.69, 9.17) is 4.74 Å². The van der Waals surface area contributed by atoms with Crippen LogP contribution in [-0.4, -0.2) is 19.7 Å². The fourth-order valence-corrected chi connectivity index (χ4v) is 0.836. The van der Waals surface area contributed by atoms with Crippen molar-refractivity contribution in [3.05, 3.63) is 29.8 Å². The zero-order valence-electron chi connectivity index (χ0n) is 9.74. The van der Waals surface area contributed by atoms with Gasteiger partial charge in [0.15, 0.2) is 6.61 Å². The molecule has 0 spiro atoms. The number of hydrogen-bond donors (Lipinski definition) is 0. The zero-order chi connectivity index (χ0) is 11.7. The van der Waals surface area contributed by atoms with Crippen LogP contribution in [0.2, 0.25) is 0 Å². The number of ether oxygens (including phenoxy) is 2. The first-order valence-electron chi connectivity index (χ1n) is 4.98. The van der Waals surface area contributed by atoms with Crippen LogP contribution in [0.4, 0.5) is 0 Å². The Labute approximate surface area is 91.0 Å². The highest BCUT2D eigenvalue weighted by Gasteiger charge is 2.00. The predicted octanol–water partition coefficient (Wildman–Crippen LogP) is 2.57. The summed E-state index contributed by atoms with van der Waals surface area (Å²) < 4.78 is 9.57. The Morgan fingerprint density at radius 3 is 2.20 bits per heavy atom. The van der Waals surface area contributed by atoms with Gasteiger partial charge in [0.25, 0.3) is 0 Å². The van der Waals surface area contributed by atoms with Crippen LogP contribution in [0.5, 0.6) is 5.75 Å². The fourth-order valence-electron chi connectivity index (χ4n) is 0.836. The molecule has 0 saturated heterocycles. The van der Waals surface area contributed by atoms with Gasteiger partial charge in [0.1, 0.15) is 5.75 Å². The Kier molecular flexibility index (Phi) is 7.06. The van der Waals surface area contributed by atoms with E-state index in [-0.39, 0.29) is 12.6 Å². The summed E-state index contributed by atoms with van der Waals surface area (Å²) in [6, 6.07) is 7.48. The molecule has 0 amide bonds. The van der Waals surface area contributed by atoms with E-state index >= 15 is 0 Å². The molecule has 3 nitrogen and oxygen atoms in total. The number of carbonyl (C=O) groups excluding carboxylic acids is 1. The molecule has 0 atom stereocenters. The second-order valence-electron chi connectivity index (χ2n) is 2.68. The van der Waals surface area contributed by atoms with Gasteiger partial charge in [-0.3, -0.25) is 0 Å². The zero-order valence-corrected chi connectivity index (χ0v) is 9.74. The van der Waals surface area contributed by atoms with Gasteiger partial charge in [0.05, 0.1) is 7.11 Å². The Bertz CT molecular complexity index is 277. The first-order chi connectivity index (χ1) is 7.22. The Balaban J connectivity index is 0.000000921. The highest BCUT2D eigenvalue weighted by molar-refractivity contribution is 5.70. The van der Waals surface area contributed by atoms with Crippen LogP contribution < -0.4 is 4.74 Å². The molecular formula is C12H18O3. The molecule has 15 heavy (non-hydrogen) atoms. The number of esters is 1. The average molecular weight is 210 g/mol. The van der Waals surface area contributed by atoms with Gasteiger partial charge >= 0.3 is 5.97 Å². The summed E-state index contributed by atoms with van der Waals surface area (Å²) in [5, 5.41) is 0. The SMILES string of the molecule is CC.COC(=O)COc1ccc(C)cc1. The lowest BCUT2D eigenvalue weighted by molar-refractivity contribution is -0.142. The molecule has 0 aliphatic carbocycles. The normalized spacial score (nSPS) is 8.53. The minimum Gasteiger partial charge on any atom is -0.482 e. The number of aryl methyl sites for hydroxylation is 1. The molecule has 84 valence electrons. The van der Waals surface area contributed by atoms with Crippen molar-refractivity contribution in [3.8, 4) is 5.75 Å². The van der Waals surface area contributed by atoms with Crippen LogP contribution in [-0.2, 0) is 9.53 Å². The maximum Gasteiger partial charge on any atom is 0.343 e. The van der Waals surface area contributed by atoms with Crippen molar-refractivity contribution in [1.82, 2.24) is 0 Å². The van der Waals surface area contributed by atoms with Gasteiger partial charge < -0.3 is 9.47 Å². The quantitative estimate of drug-likeness (QED) is 0.719. The Morgan fingerprint density at radius 2 is 1.73 bits per heavy atom. The molecule has 0 fully saturated rings. The monoisotopic (exact) mass is 210 g/mol. The van der Waals surface area contributed by atoms with Crippen LogP contribution in [0.3, 0.4) is 0 Å². The second-order valence-corrected chi connectivity index (χ2v) is 2.68. The molecule has 0 unspecified atom stereocenters. The number of methoxy groups -OCH3 is 1. The molecule has 1 aromatic carbocycles. The number of rotatable bonds is 3. The summed E-state index contributed by atoms with van der Waals surface area (Å²) >= 11 is 0. The summed E-state index contributed by atoms with van der Waals surface area (Å²) in [6.07, 6.45) is 0. The third-order valence-corrected chi connectivity index (χ3v) is 1.61. The standard InChI is InChI=1S/C10H12O3.C2H6/c1-8-3-5-9(6-4-8)13-7-10(11)12-2;1-2/h3-6H,7H2,1-2H3;1-2H3. The van der Waals surface area contributed by atoms with Crippen molar-refractivity contribution in [2.75, 3.05) is 13.7 Å². The summed E-state index contributed by atoms with van der Waals surface area (Å²) in [4.78, 5) is 10.7. The smallest absolute Gasteiger partial charge is 0.343 e. The van der Waals surface area contributed by atoms with E-state index in [0.717, 1.165) is 5.56 Å². The van der Waals surface area contributed by atoms with E-state index < -0.39 is 0 Å². The Morgan fingerprint density at radius 1 is 1.20 bits per heavy atom. The van der Waals surface area contributed by atoms with Gasteiger partial charge in [-0.15, -0.1) is 0 Å². The van der Waals surface area contributed by atoms with Crippen LogP contribution in [0, 0.1) is 6.92 Å². The van der Waals surface area contributed by atoms with Crippen LogP contribution in [0.1, 0.15) is 19.4 Å². The van der Waals surface area contributed by atoms with Crippen molar-refractivity contribution in [2.24, 2.45) is 0 Å². The molecule has 0 bridgehead atoms. The summed E-state index contributed by atoms with van der Waals surface area (Å²) in [7, 11) is 1.33. The van der Waals surface area contributed by atoms with Crippen LogP contribution >= 0.6 is 0 Å². The van der Waals surface area contributed by atoms with Crippen molar-refractivity contribution in [2.45, 2.75) is 20.8 Å². The summed E-state index contributed by atoms with van der Waals surface area (Å²) in [5.41, 5.74) is 1.16. The van der Waals surface area contributed by atoms with E-state index in [1.54, 1.807) is 0 Å². The maximum absolute atomic E-state index is 10.7. The van der Waals surface area contributed by atoms with E-state index in [2.05, 4.69) is 4.74 Å². The largest absolute Gasteiger partial charge is 0.482 e. The van der Waals surface area contributed by atoms with E-state index in [0.29, 0.717) is 5.75 Å². The first kappa shape index (κ1) is 13.5. The third kappa shape index (κ3) is 5.73. The lowest BCUT2D eigenvalue weighted by atomic mass is 10.2. The molecular weight excluding hydrogens is 192 g/mol. The van der Waals surface area contributed by atoms with Crippen LogP contribution in [0.25, 0.3) is 0 Å². The van der Waals surface area contributed by atoms with Gasteiger partial charge in [-0.25, -0.2) is 4.79 Å². The van der Waals surface area contributed by atoms with Gasteiger partial charge in [0, 0.05) is 0 Å². The van der Waals surface area contributed by atoms with Crippen LogP contribution in [0.15, 0.2) is 24.3 Å². The second kappa shape index (κ2) is 7.85. The molecule has 3 heteroatoms. The number of carbonyl (C=O) groups is 1. The molecule has 1 rings (SSSR count). The minimum absolute atomic E-state index is 0.0421. The molecule has 0 N–H and O–H groups in total. The van der Waals surface area contributed by atoms with Crippen molar-refractivity contribution in [1.29, 1.82) is 0 Å². The van der Waals surface area contributed by atoms with Gasteiger partial charge in [-0.05, 0) is 19.1 Å². The lowest BCUT2D eigenvalue weighted by Gasteiger charge is -2.04. The van der Waals surface area contributed by atoms with E-state index in [1.807, 2.05) is 45.0 Å². The van der Waals surface area contributed by atoms with E-state index in [9.17, 15) is 4.79 Å². The summed E-state index contributed by atoms with van der Waals surface area (Å²) in [6.45, 7) is 5.95. The average Bonchev–Trinajstić information content (AvgIpc) is 2.30. The molecule has 0 aliphatic rings.